The van der Waals surface area contributed by atoms with Gasteiger partial charge in [-0.3, -0.25) is 0 Å². The maximum Gasteiger partial charge on any atom is 0.106 e. The highest BCUT2D eigenvalue weighted by Crippen LogP contribution is 2.09. The maximum atomic E-state index is 8.50. The highest BCUT2D eigenvalue weighted by molar-refractivity contribution is 9.10. The molecule has 60 valence electrons. The first-order valence-electron chi connectivity index (χ1n) is 3.42. The normalized spacial score (nSPS) is 10.9. The monoisotopic (exact) mass is 222 g/mol. The molecule has 0 aromatic carbocycles. The summed E-state index contributed by atoms with van der Waals surface area (Å²) < 4.78 is 0.800. The SMILES string of the molecule is C/C(C#N)=C\c1ccc(Br)nc1. The van der Waals surface area contributed by atoms with Gasteiger partial charge in [-0.1, -0.05) is 6.07 Å². The lowest BCUT2D eigenvalue weighted by atomic mass is 10.2. The number of allylic oxidation sites excluding steroid dienone is 1. The highest BCUT2D eigenvalue weighted by Gasteiger charge is 1.90. The Morgan fingerprint density at radius 3 is 2.92 bits per heavy atom. The zero-order chi connectivity index (χ0) is 8.97. The Balaban J connectivity index is 2.93. The van der Waals surface area contributed by atoms with Gasteiger partial charge in [0.1, 0.15) is 4.60 Å². The second kappa shape index (κ2) is 4.03. The largest absolute Gasteiger partial charge is 0.249 e. The number of aromatic nitrogens is 1. The molecule has 1 aromatic rings. The van der Waals surface area contributed by atoms with E-state index in [2.05, 4.69) is 20.9 Å². The van der Waals surface area contributed by atoms with Gasteiger partial charge in [0.25, 0.3) is 0 Å². The quantitative estimate of drug-likeness (QED) is 0.542. The van der Waals surface area contributed by atoms with E-state index in [9.17, 15) is 0 Å². The van der Waals surface area contributed by atoms with Crippen LogP contribution in [0.5, 0.6) is 0 Å². The number of rotatable bonds is 1. The lowest BCUT2D eigenvalue weighted by molar-refractivity contribution is 1.26. The molecule has 0 N–H and O–H groups in total. The van der Waals surface area contributed by atoms with E-state index in [1.807, 2.05) is 18.2 Å². The molecule has 0 aliphatic carbocycles. The number of pyridine rings is 1. The summed E-state index contributed by atoms with van der Waals surface area (Å²) in [6, 6.07) is 5.79. The molecular formula is C9H7BrN2. The van der Waals surface area contributed by atoms with Gasteiger partial charge in [0.15, 0.2) is 0 Å². The lowest BCUT2D eigenvalue weighted by Crippen LogP contribution is -1.77. The van der Waals surface area contributed by atoms with Crippen molar-refractivity contribution in [2.45, 2.75) is 6.92 Å². The van der Waals surface area contributed by atoms with Crippen molar-refractivity contribution in [1.82, 2.24) is 4.98 Å². The molecule has 0 spiro atoms. The van der Waals surface area contributed by atoms with Crippen molar-refractivity contribution in [2.75, 3.05) is 0 Å². The first kappa shape index (κ1) is 8.95. The summed E-state index contributed by atoms with van der Waals surface area (Å²) in [5.74, 6) is 0. The number of hydrogen-bond acceptors (Lipinski definition) is 2. The molecule has 0 aliphatic rings. The van der Waals surface area contributed by atoms with Crippen LogP contribution in [0.4, 0.5) is 0 Å². The van der Waals surface area contributed by atoms with Gasteiger partial charge in [-0.2, -0.15) is 5.26 Å². The van der Waals surface area contributed by atoms with E-state index >= 15 is 0 Å². The van der Waals surface area contributed by atoms with Crippen LogP contribution in [-0.4, -0.2) is 4.98 Å². The van der Waals surface area contributed by atoms with Gasteiger partial charge in [-0.05, 0) is 40.6 Å². The third-order valence-electron chi connectivity index (χ3n) is 1.31. The summed E-state index contributed by atoms with van der Waals surface area (Å²) in [7, 11) is 0. The van der Waals surface area contributed by atoms with E-state index in [1.54, 1.807) is 19.2 Å². The molecule has 2 nitrogen and oxygen atoms in total. The van der Waals surface area contributed by atoms with Crippen LogP contribution in [-0.2, 0) is 0 Å². The third kappa shape index (κ3) is 2.48. The lowest BCUT2D eigenvalue weighted by Gasteiger charge is -1.92. The average molecular weight is 223 g/mol. The van der Waals surface area contributed by atoms with Crippen LogP contribution >= 0.6 is 15.9 Å². The predicted octanol–water partition coefficient (Wildman–Crippen LogP) is 2.77. The van der Waals surface area contributed by atoms with Crippen molar-refractivity contribution >= 4 is 22.0 Å². The van der Waals surface area contributed by atoms with E-state index in [-0.39, 0.29) is 0 Å². The molecule has 0 amide bonds. The van der Waals surface area contributed by atoms with Crippen LogP contribution in [0.1, 0.15) is 12.5 Å². The van der Waals surface area contributed by atoms with Crippen LogP contribution in [0.2, 0.25) is 0 Å². The van der Waals surface area contributed by atoms with E-state index in [4.69, 9.17) is 5.26 Å². The highest BCUT2D eigenvalue weighted by atomic mass is 79.9. The Kier molecular flexibility index (Phi) is 3.01. The Bertz CT molecular complexity index is 333. The van der Waals surface area contributed by atoms with Gasteiger partial charge in [-0.15, -0.1) is 0 Å². The number of nitrogens with zero attached hydrogens (tertiary/aromatic N) is 2. The molecule has 0 saturated carbocycles. The molecule has 0 radical (unpaired) electrons. The summed E-state index contributed by atoms with van der Waals surface area (Å²) >= 11 is 3.23. The summed E-state index contributed by atoms with van der Waals surface area (Å²) in [6.45, 7) is 1.77. The second-order valence-corrected chi connectivity index (χ2v) is 3.17. The van der Waals surface area contributed by atoms with Gasteiger partial charge in [0.05, 0.1) is 6.07 Å². The summed E-state index contributed by atoms with van der Waals surface area (Å²) in [5, 5.41) is 8.50. The number of hydrogen-bond donors (Lipinski definition) is 0. The molecule has 3 heteroatoms. The van der Waals surface area contributed by atoms with Crippen molar-refractivity contribution in [3.63, 3.8) is 0 Å². The Hall–Kier alpha value is -1.14. The minimum absolute atomic E-state index is 0.680. The molecule has 0 bridgehead atoms. The second-order valence-electron chi connectivity index (χ2n) is 2.35. The molecule has 0 saturated heterocycles. The Morgan fingerprint density at radius 2 is 2.42 bits per heavy atom. The van der Waals surface area contributed by atoms with E-state index < -0.39 is 0 Å². The van der Waals surface area contributed by atoms with Crippen LogP contribution in [0.25, 0.3) is 6.08 Å². The summed E-state index contributed by atoms with van der Waals surface area (Å²) in [4.78, 5) is 4.03. The molecule has 0 fully saturated rings. The van der Waals surface area contributed by atoms with E-state index in [0.29, 0.717) is 5.57 Å². The Labute approximate surface area is 79.7 Å². The van der Waals surface area contributed by atoms with E-state index in [1.165, 1.54) is 0 Å². The third-order valence-corrected chi connectivity index (χ3v) is 1.78. The molecule has 1 rings (SSSR count). The summed E-state index contributed by atoms with van der Waals surface area (Å²) in [5.41, 5.74) is 1.62. The van der Waals surface area contributed by atoms with Gasteiger partial charge in [0.2, 0.25) is 0 Å². The standard InChI is InChI=1S/C9H7BrN2/c1-7(5-11)4-8-2-3-9(10)12-6-8/h2-4,6H,1H3/b7-4+. The number of halogens is 1. The molecule has 0 atom stereocenters. The van der Waals surface area contributed by atoms with Gasteiger partial charge < -0.3 is 0 Å². The van der Waals surface area contributed by atoms with Crippen molar-refractivity contribution in [2.24, 2.45) is 0 Å². The topological polar surface area (TPSA) is 36.7 Å². The fourth-order valence-electron chi connectivity index (χ4n) is 0.755. The first-order valence-corrected chi connectivity index (χ1v) is 4.21. The van der Waals surface area contributed by atoms with Crippen molar-refractivity contribution in [3.8, 4) is 6.07 Å². The fraction of sp³-hybridized carbons (Fsp3) is 0.111. The first-order chi connectivity index (χ1) is 5.72. The van der Waals surface area contributed by atoms with Crippen LogP contribution < -0.4 is 0 Å². The molecular weight excluding hydrogens is 216 g/mol. The van der Waals surface area contributed by atoms with Gasteiger partial charge in [-0.25, -0.2) is 4.98 Å². The van der Waals surface area contributed by atoms with Crippen molar-refractivity contribution in [1.29, 1.82) is 5.26 Å². The molecule has 0 aliphatic heterocycles. The molecule has 0 unspecified atom stereocenters. The Morgan fingerprint density at radius 1 is 1.67 bits per heavy atom. The van der Waals surface area contributed by atoms with Gasteiger partial charge in [0, 0.05) is 11.8 Å². The molecule has 1 heterocycles. The van der Waals surface area contributed by atoms with Gasteiger partial charge >= 0.3 is 0 Å². The zero-order valence-corrected chi connectivity index (χ0v) is 8.17. The molecule has 12 heavy (non-hydrogen) atoms. The predicted molar refractivity (Wildman–Crippen MR) is 51.2 cm³/mol. The van der Waals surface area contributed by atoms with Crippen molar-refractivity contribution in [3.05, 3.63) is 34.1 Å². The van der Waals surface area contributed by atoms with Crippen molar-refractivity contribution < 1.29 is 0 Å². The fourth-order valence-corrected chi connectivity index (χ4v) is 0.989. The van der Waals surface area contributed by atoms with Crippen LogP contribution in [0, 0.1) is 11.3 Å². The zero-order valence-electron chi connectivity index (χ0n) is 6.58. The average Bonchev–Trinajstić information content (AvgIpc) is 2.09. The minimum Gasteiger partial charge on any atom is -0.249 e. The van der Waals surface area contributed by atoms with Crippen LogP contribution in [0.15, 0.2) is 28.5 Å². The van der Waals surface area contributed by atoms with E-state index in [0.717, 1.165) is 10.2 Å². The minimum atomic E-state index is 0.680. The smallest absolute Gasteiger partial charge is 0.106 e. The van der Waals surface area contributed by atoms with Crippen LogP contribution in [0.3, 0.4) is 0 Å². The number of nitriles is 1. The molecule has 1 aromatic heterocycles. The summed E-state index contributed by atoms with van der Waals surface area (Å²) in [6.07, 6.45) is 3.50. The maximum absolute atomic E-state index is 8.50.